The molecule has 0 radical (unpaired) electrons. The Morgan fingerprint density at radius 2 is 1.76 bits per heavy atom. The van der Waals surface area contributed by atoms with E-state index in [0.717, 1.165) is 22.8 Å². The highest BCUT2D eigenvalue weighted by atomic mass is 35.5. The molecular weight excluding hydrogens is 280 g/mol. The van der Waals surface area contributed by atoms with Crippen molar-refractivity contribution in [2.75, 3.05) is 0 Å². The van der Waals surface area contributed by atoms with E-state index in [2.05, 4.69) is 17.6 Å². The summed E-state index contributed by atoms with van der Waals surface area (Å²) < 4.78 is 0. The first-order chi connectivity index (χ1) is 10.2. The van der Waals surface area contributed by atoms with Gasteiger partial charge in [-0.05, 0) is 85.8 Å². The van der Waals surface area contributed by atoms with E-state index >= 15 is 0 Å². The second-order valence-corrected chi connectivity index (χ2v) is 8.33. The van der Waals surface area contributed by atoms with Gasteiger partial charge in [-0.3, -0.25) is 11.3 Å². The summed E-state index contributed by atoms with van der Waals surface area (Å²) in [5, 5.41) is 0.804. The molecule has 0 amide bonds. The van der Waals surface area contributed by atoms with Gasteiger partial charge in [0.2, 0.25) is 0 Å². The molecule has 3 heteroatoms. The summed E-state index contributed by atoms with van der Waals surface area (Å²) in [6, 6.07) is 8.41. The van der Waals surface area contributed by atoms with Gasteiger partial charge >= 0.3 is 0 Å². The Balaban J connectivity index is 1.56. The van der Waals surface area contributed by atoms with Crippen LogP contribution in [0.1, 0.15) is 56.6 Å². The van der Waals surface area contributed by atoms with Crippen molar-refractivity contribution in [3.05, 3.63) is 34.9 Å². The van der Waals surface area contributed by atoms with Crippen LogP contribution in [0.25, 0.3) is 0 Å². The van der Waals surface area contributed by atoms with Gasteiger partial charge in [-0.25, -0.2) is 0 Å². The Labute approximate surface area is 132 Å². The molecule has 1 atom stereocenters. The molecule has 4 fully saturated rings. The topological polar surface area (TPSA) is 38.0 Å². The van der Waals surface area contributed by atoms with E-state index in [-0.39, 0.29) is 6.04 Å². The van der Waals surface area contributed by atoms with Gasteiger partial charge in [-0.15, -0.1) is 0 Å². The Hall–Kier alpha value is -0.570. The minimum atomic E-state index is 0.236. The van der Waals surface area contributed by atoms with Gasteiger partial charge in [-0.1, -0.05) is 23.7 Å². The van der Waals surface area contributed by atoms with Crippen LogP contribution in [0, 0.1) is 23.2 Å². The summed E-state index contributed by atoms with van der Waals surface area (Å²) in [5.41, 5.74) is 4.83. The normalized spacial score (nSPS) is 38.7. The van der Waals surface area contributed by atoms with Crippen molar-refractivity contribution in [1.82, 2.24) is 5.43 Å². The van der Waals surface area contributed by atoms with E-state index in [1.807, 2.05) is 12.1 Å². The largest absolute Gasteiger partial charge is 0.271 e. The number of nitrogens with two attached hydrogens (primary N) is 1. The van der Waals surface area contributed by atoms with Gasteiger partial charge in [0.25, 0.3) is 0 Å². The van der Waals surface area contributed by atoms with Crippen LogP contribution in [-0.2, 0) is 0 Å². The highest BCUT2D eigenvalue weighted by molar-refractivity contribution is 6.30. The van der Waals surface area contributed by atoms with Gasteiger partial charge in [0, 0.05) is 11.1 Å². The van der Waals surface area contributed by atoms with Gasteiger partial charge in [0.05, 0.1) is 0 Å². The predicted molar refractivity (Wildman–Crippen MR) is 86.7 cm³/mol. The fourth-order valence-corrected chi connectivity index (χ4v) is 6.17. The maximum Gasteiger partial charge on any atom is 0.0465 e. The SMILES string of the molecule is NNC(CC12CC3CC(CC(C3)C1)C2)c1cccc(Cl)c1. The van der Waals surface area contributed by atoms with Crippen LogP contribution >= 0.6 is 11.6 Å². The van der Waals surface area contributed by atoms with Crippen LogP contribution in [0.2, 0.25) is 5.02 Å². The molecule has 0 saturated heterocycles. The average molecular weight is 305 g/mol. The van der Waals surface area contributed by atoms with E-state index in [9.17, 15) is 0 Å². The third-order valence-electron chi connectivity index (χ3n) is 6.25. The summed E-state index contributed by atoms with van der Waals surface area (Å²) in [5.74, 6) is 8.87. The predicted octanol–water partition coefficient (Wildman–Crippen LogP) is 4.45. The molecule has 0 heterocycles. The van der Waals surface area contributed by atoms with Gasteiger partial charge in [-0.2, -0.15) is 0 Å². The van der Waals surface area contributed by atoms with E-state index in [0.29, 0.717) is 5.41 Å². The number of rotatable bonds is 4. The summed E-state index contributed by atoms with van der Waals surface area (Å²) in [6.07, 6.45) is 9.95. The van der Waals surface area contributed by atoms with Crippen molar-refractivity contribution >= 4 is 11.6 Å². The summed E-state index contributed by atoms with van der Waals surface area (Å²) >= 11 is 6.15. The number of hydrogen-bond donors (Lipinski definition) is 2. The molecule has 0 aromatic heterocycles. The first-order valence-electron chi connectivity index (χ1n) is 8.37. The second-order valence-electron chi connectivity index (χ2n) is 7.90. The third kappa shape index (κ3) is 2.62. The number of benzene rings is 1. The lowest BCUT2D eigenvalue weighted by atomic mass is 9.48. The first-order valence-corrected chi connectivity index (χ1v) is 8.75. The molecule has 0 aliphatic heterocycles. The van der Waals surface area contributed by atoms with Crippen LogP contribution in [0.4, 0.5) is 0 Å². The lowest BCUT2D eigenvalue weighted by Crippen LogP contribution is -2.48. The third-order valence-corrected chi connectivity index (χ3v) is 6.49. The zero-order valence-corrected chi connectivity index (χ0v) is 13.3. The number of hydrazine groups is 1. The molecule has 4 aliphatic rings. The highest BCUT2D eigenvalue weighted by Crippen LogP contribution is 2.62. The Kier molecular flexibility index (Phi) is 3.52. The van der Waals surface area contributed by atoms with Gasteiger partial charge in [0.1, 0.15) is 0 Å². The monoisotopic (exact) mass is 304 g/mol. The zero-order chi connectivity index (χ0) is 14.4. The van der Waals surface area contributed by atoms with Crippen molar-refractivity contribution in [1.29, 1.82) is 0 Å². The molecule has 4 aliphatic carbocycles. The molecule has 0 spiro atoms. The minimum absolute atomic E-state index is 0.236. The first kappa shape index (κ1) is 14.0. The minimum Gasteiger partial charge on any atom is -0.271 e. The lowest BCUT2D eigenvalue weighted by Gasteiger charge is -2.57. The Morgan fingerprint density at radius 3 is 2.29 bits per heavy atom. The van der Waals surface area contributed by atoms with Crippen LogP contribution in [0.15, 0.2) is 24.3 Å². The Bertz CT molecular complexity index is 492. The molecule has 1 unspecified atom stereocenters. The molecule has 4 bridgehead atoms. The van der Waals surface area contributed by atoms with Gasteiger partial charge in [0.15, 0.2) is 0 Å². The average Bonchev–Trinajstić information content (AvgIpc) is 2.43. The van der Waals surface area contributed by atoms with Crippen molar-refractivity contribution in [2.45, 2.75) is 51.0 Å². The smallest absolute Gasteiger partial charge is 0.0465 e. The van der Waals surface area contributed by atoms with Crippen molar-refractivity contribution in [2.24, 2.45) is 29.0 Å². The molecule has 1 aromatic rings. The van der Waals surface area contributed by atoms with Crippen LogP contribution < -0.4 is 11.3 Å². The van der Waals surface area contributed by atoms with E-state index < -0.39 is 0 Å². The van der Waals surface area contributed by atoms with Crippen molar-refractivity contribution < 1.29 is 0 Å². The maximum atomic E-state index is 6.15. The highest BCUT2D eigenvalue weighted by Gasteiger charge is 2.51. The molecule has 5 rings (SSSR count). The molecule has 21 heavy (non-hydrogen) atoms. The van der Waals surface area contributed by atoms with Gasteiger partial charge < -0.3 is 0 Å². The summed E-state index contributed by atoms with van der Waals surface area (Å²) in [6.45, 7) is 0. The zero-order valence-electron chi connectivity index (χ0n) is 12.5. The number of nitrogens with one attached hydrogen (secondary N) is 1. The van der Waals surface area contributed by atoms with E-state index in [4.69, 9.17) is 17.4 Å². The Morgan fingerprint density at radius 1 is 1.14 bits per heavy atom. The molecule has 2 nitrogen and oxygen atoms in total. The molecule has 3 N–H and O–H groups in total. The molecular formula is C18H25ClN2. The standard InChI is InChI=1S/C18H25ClN2/c19-16-3-1-2-15(7-16)17(21-20)11-18-8-12-4-13(9-18)6-14(5-12)10-18/h1-3,7,12-14,17,21H,4-6,8-11,20H2. The summed E-state index contributed by atoms with van der Waals surface area (Å²) in [7, 11) is 0. The lowest BCUT2D eigenvalue weighted by molar-refractivity contribution is -0.0623. The van der Waals surface area contributed by atoms with E-state index in [1.165, 1.54) is 50.5 Å². The van der Waals surface area contributed by atoms with Crippen LogP contribution in [0.3, 0.4) is 0 Å². The van der Waals surface area contributed by atoms with Crippen LogP contribution in [-0.4, -0.2) is 0 Å². The number of halogens is 1. The van der Waals surface area contributed by atoms with E-state index in [1.54, 1.807) is 0 Å². The number of hydrogen-bond acceptors (Lipinski definition) is 2. The quantitative estimate of drug-likeness (QED) is 0.637. The molecule has 4 saturated carbocycles. The molecule has 114 valence electrons. The fraction of sp³-hybridized carbons (Fsp3) is 0.667. The maximum absolute atomic E-state index is 6.15. The summed E-state index contributed by atoms with van der Waals surface area (Å²) in [4.78, 5) is 0. The second kappa shape index (κ2) is 5.26. The molecule has 1 aromatic carbocycles. The van der Waals surface area contributed by atoms with Crippen molar-refractivity contribution in [3.63, 3.8) is 0 Å². The van der Waals surface area contributed by atoms with Crippen LogP contribution in [0.5, 0.6) is 0 Å². The fourth-order valence-electron chi connectivity index (χ4n) is 5.97. The van der Waals surface area contributed by atoms with Crippen molar-refractivity contribution in [3.8, 4) is 0 Å².